The fraction of sp³-hybridized carbons (Fsp3) is 0.889. The lowest BCUT2D eigenvalue weighted by Crippen LogP contribution is -2.51. The van der Waals surface area contributed by atoms with E-state index >= 15 is 0 Å². The zero-order valence-electron chi connectivity index (χ0n) is 14.8. The van der Waals surface area contributed by atoms with Crippen LogP contribution in [0.2, 0.25) is 0 Å². The van der Waals surface area contributed by atoms with Crippen molar-refractivity contribution >= 4 is 12.3 Å². The normalized spacial score (nSPS) is 18.1. The van der Waals surface area contributed by atoms with E-state index in [0.717, 1.165) is 19.3 Å². The Labute approximate surface area is 140 Å². The summed E-state index contributed by atoms with van der Waals surface area (Å²) in [4.78, 5) is 17.1. The van der Waals surface area contributed by atoms with Gasteiger partial charge in [0.05, 0.1) is 19.3 Å². The summed E-state index contributed by atoms with van der Waals surface area (Å²) >= 11 is 0. The number of carbonyl (C=O) groups is 1. The maximum atomic E-state index is 11.1. The van der Waals surface area contributed by atoms with E-state index in [1.165, 1.54) is 38.5 Å². The number of aliphatic imine (C=N–C) groups is 1. The second-order valence-corrected chi connectivity index (χ2v) is 6.87. The molecule has 1 rings (SSSR count). The first-order valence-corrected chi connectivity index (χ1v) is 9.19. The Morgan fingerprint density at radius 2 is 1.83 bits per heavy atom. The minimum atomic E-state index is -1.13. The number of unbranched alkanes of at least 4 members (excludes halogenated alkanes) is 7. The predicted molar refractivity (Wildman–Crippen MR) is 93.7 cm³/mol. The number of carboxylic acid groups (broad SMARTS) is 1. The van der Waals surface area contributed by atoms with E-state index in [-0.39, 0.29) is 12.3 Å². The van der Waals surface area contributed by atoms with Crippen molar-refractivity contribution in [3.63, 3.8) is 0 Å². The molecule has 0 saturated heterocycles. The van der Waals surface area contributed by atoms with Gasteiger partial charge in [0.25, 0.3) is 0 Å². The number of carboxylic acids is 1. The topological polar surface area (TPSA) is 73.1 Å². The number of aliphatic carboxylic acids is 1. The minimum absolute atomic E-state index is 0.00778. The predicted octanol–water partition coefficient (Wildman–Crippen LogP) is 3.66. The van der Waals surface area contributed by atoms with Gasteiger partial charge < -0.3 is 15.1 Å². The summed E-state index contributed by atoms with van der Waals surface area (Å²) in [5, 5.41) is 19.9. The van der Waals surface area contributed by atoms with Gasteiger partial charge >= 0.3 is 5.97 Å². The van der Waals surface area contributed by atoms with Gasteiger partial charge in [-0.3, -0.25) is 9.79 Å². The first-order chi connectivity index (χ1) is 11.0. The molecule has 2 N–H and O–H groups in total. The van der Waals surface area contributed by atoms with Gasteiger partial charge in [0, 0.05) is 12.5 Å². The molecule has 0 radical (unpaired) electrons. The van der Waals surface area contributed by atoms with Crippen LogP contribution in [0, 0.1) is 5.92 Å². The summed E-state index contributed by atoms with van der Waals surface area (Å²) in [6.45, 7) is 5.29. The van der Waals surface area contributed by atoms with E-state index in [9.17, 15) is 9.90 Å². The highest BCUT2D eigenvalue weighted by molar-refractivity contribution is 5.67. The summed E-state index contributed by atoms with van der Waals surface area (Å²) < 4.78 is 0. The average Bonchev–Trinajstić information content (AvgIpc) is 3.03. The average molecular weight is 326 g/mol. The van der Waals surface area contributed by atoms with Crippen LogP contribution in [0.15, 0.2) is 4.99 Å². The standard InChI is InChI=1S/C18H34N2O3/c1-3-4-5-6-7-8-9-10-11-16(14-17(21)22)18(2,23)20-13-12-19-15-20/h15-16,23H,3-14H2,1-2H3,(H,21,22). The highest BCUT2D eigenvalue weighted by atomic mass is 16.4. The molecule has 0 aromatic heterocycles. The molecule has 134 valence electrons. The molecule has 0 aliphatic carbocycles. The second-order valence-electron chi connectivity index (χ2n) is 6.87. The number of nitrogens with zero attached hydrogens (tertiary/aromatic N) is 2. The van der Waals surface area contributed by atoms with Crippen LogP contribution in [-0.4, -0.2) is 46.2 Å². The summed E-state index contributed by atoms with van der Waals surface area (Å²) in [5.74, 6) is -1.10. The second kappa shape index (κ2) is 10.6. The Hall–Kier alpha value is -1.10. The third-order valence-electron chi connectivity index (χ3n) is 4.87. The molecule has 5 heteroatoms. The van der Waals surface area contributed by atoms with Crippen LogP contribution in [0.4, 0.5) is 0 Å². The molecule has 0 saturated carbocycles. The fourth-order valence-electron chi connectivity index (χ4n) is 3.26. The molecule has 2 atom stereocenters. The quantitative estimate of drug-likeness (QED) is 0.507. The fourth-order valence-corrected chi connectivity index (χ4v) is 3.26. The Balaban J connectivity index is 2.34. The third-order valence-corrected chi connectivity index (χ3v) is 4.87. The van der Waals surface area contributed by atoms with Crippen molar-refractivity contribution in [1.29, 1.82) is 0 Å². The van der Waals surface area contributed by atoms with Crippen LogP contribution in [0.5, 0.6) is 0 Å². The highest BCUT2D eigenvalue weighted by Crippen LogP contribution is 2.30. The van der Waals surface area contributed by atoms with Crippen molar-refractivity contribution in [3.05, 3.63) is 0 Å². The lowest BCUT2D eigenvalue weighted by molar-refractivity contribution is -0.146. The number of rotatable bonds is 13. The summed E-state index contributed by atoms with van der Waals surface area (Å²) in [5.41, 5.74) is -1.13. The first kappa shape index (κ1) is 19.9. The zero-order valence-corrected chi connectivity index (χ0v) is 14.8. The van der Waals surface area contributed by atoms with E-state index in [0.29, 0.717) is 13.1 Å². The van der Waals surface area contributed by atoms with Gasteiger partial charge in [0.2, 0.25) is 0 Å². The number of hydrogen-bond acceptors (Lipinski definition) is 4. The molecule has 1 aliphatic heterocycles. The van der Waals surface area contributed by atoms with Gasteiger partial charge in [-0.25, -0.2) is 0 Å². The molecular weight excluding hydrogens is 292 g/mol. The molecule has 23 heavy (non-hydrogen) atoms. The van der Waals surface area contributed by atoms with Crippen molar-refractivity contribution in [1.82, 2.24) is 4.90 Å². The van der Waals surface area contributed by atoms with Crippen LogP contribution in [0.3, 0.4) is 0 Å². The van der Waals surface area contributed by atoms with Crippen LogP contribution < -0.4 is 0 Å². The molecule has 0 aromatic carbocycles. The van der Waals surface area contributed by atoms with Crippen molar-refractivity contribution in [3.8, 4) is 0 Å². The molecule has 0 fully saturated rings. The maximum absolute atomic E-state index is 11.1. The van der Waals surface area contributed by atoms with Crippen LogP contribution in [0.25, 0.3) is 0 Å². The van der Waals surface area contributed by atoms with E-state index < -0.39 is 11.7 Å². The van der Waals surface area contributed by atoms with E-state index in [4.69, 9.17) is 5.11 Å². The summed E-state index contributed by atoms with van der Waals surface area (Å²) in [6.07, 6.45) is 12.2. The first-order valence-electron chi connectivity index (χ1n) is 9.19. The maximum Gasteiger partial charge on any atom is 0.303 e. The monoisotopic (exact) mass is 326 g/mol. The molecule has 0 bridgehead atoms. The highest BCUT2D eigenvalue weighted by Gasteiger charge is 2.38. The van der Waals surface area contributed by atoms with Crippen molar-refractivity contribution < 1.29 is 15.0 Å². The molecule has 0 spiro atoms. The van der Waals surface area contributed by atoms with E-state index in [1.54, 1.807) is 18.2 Å². The Morgan fingerprint density at radius 1 is 1.22 bits per heavy atom. The van der Waals surface area contributed by atoms with Gasteiger partial charge in [-0.1, -0.05) is 58.3 Å². The van der Waals surface area contributed by atoms with Gasteiger partial charge in [-0.2, -0.15) is 0 Å². The molecule has 0 aromatic rings. The van der Waals surface area contributed by atoms with Crippen LogP contribution >= 0.6 is 0 Å². The molecule has 1 heterocycles. The summed E-state index contributed by atoms with van der Waals surface area (Å²) in [6, 6.07) is 0. The van der Waals surface area contributed by atoms with Gasteiger partial charge in [0.15, 0.2) is 0 Å². The van der Waals surface area contributed by atoms with Crippen molar-refractivity contribution in [2.45, 2.75) is 83.8 Å². The van der Waals surface area contributed by atoms with Crippen LogP contribution in [0.1, 0.15) is 78.1 Å². The van der Waals surface area contributed by atoms with Crippen LogP contribution in [-0.2, 0) is 4.79 Å². The largest absolute Gasteiger partial charge is 0.481 e. The lowest BCUT2D eigenvalue weighted by Gasteiger charge is -2.39. The lowest BCUT2D eigenvalue weighted by atomic mass is 9.87. The number of aliphatic hydroxyl groups is 1. The van der Waals surface area contributed by atoms with Gasteiger partial charge in [-0.05, 0) is 13.3 Å². The van der Waals surface area contributed by atoms with Gasteiger partial charge in [-0.15, -0.1) is 0 Å². The van der Waals surface area contributed by atoms with Gasteiger partial charge in [0.1, 0.15) is 5.72 Å². The Kier molecular flexibility index (Phi) is 9.22. The smallest absolute Gasteiger partial charge is 0.303 e. The Bertz CT molecular complexity index is 369. The SMILES string of the molecule is CCCCCCCCCCC(CC(=O)O)C(C)(O)N1C=NCC1. The molecular formula is C18H34N2O3. The molecule has 1 aliphatic rings. The zero-order chi connectivity index (χ0) is 17.1. The minimum Gasteiger partial charge on any atom is -0.481 e. The third kappa shape index (κ3) is 7.34. The molecule has 0 amide bonds. The Morgan fingerprint density at radius 3 is 2.35 bits per heavy atom. The molecule has 2 unspecified atom stereocenters. The van der Waals surface area contributed by atoms with E-state index in [2.05, 4.69) is 11.9 Å². The summed E-state index contributed by atoms with van der Waals surface area (Å²) in [7, 11) is 0. The van der Waals surface area contributed by atoms with Crippen molar-refractivity contribution in [2.75, 3.05) is 13.1 Å². The number of hydrogen-bond donors (Lipinski definition) is 2. The van der Waals surface area contributed by atoms with Crippen molar-refractivity contribution in [2.24, 2.45) is 10.9 Å². The molecule has 5 nitrogen and oxygen atoms in total. The van der Waals surface area contributed by atoms with E-state index in [1.807, 2.05) is 0 Å².